The molecule has 21 heavy (non-hydrogen) atoms. The van der Waals surface area contributed by atoms with Crippen LogP contribution in [0.15, 0.2) is 28.7 Å². The highest BCUT2D eigenvalue weighted by atomic mass is 16.4. The van der Waals surface area contributed by atoms with Crippen molar-refractivity contribution in [3.63, 3.8) is 0 Å². The van der Waals surface area contributed by atoms with Crippen LogP contribution in [0.3, 0.4) is 0 Å². The number of aromatic nitrogens is 1. The van der Waals surface area contributed by atoms with Gasteiger partial charge in [-0.15, -0.1) is 0 Å². The van der Waals surface area contributed by atoms with Crippen LogP contribution < -0.4 is 5.32 Å². The summed E-state index contributed by atoms with van der Waals surface area (Å²) in [4.78, 5) is 9.48. The zero-order valence-electron chi connectivity index (χ0n) is 12.9. The standard InChI is InChI=1S/C16H24N4O/c1-3-19-8-10-20(11-9-19)13(2)12-17-16-18-14-6-4-5-7-15(14)21-16/h4-7,13H,3,8-12H2,1-2H3,(H,17,18)/t13-/m0/s1. The fourth-order valence-electron chi connectivity index (χ4n) is 2.83. The minimum Gasteiger partial charge on any atom is -0.424 e. The first-order chi connectivity index (χ1) is 10.3. The largest absolute Gasteiger partial charge is 0.424 e. The number of oxazole rings is 1. The van der Waals surface area contributed by atoms with Crippen LogP contribution in [0.25, 0.3) is 11.1 Å². The molecule has 114 valence electrons. The van der Waals surface area contributed by atoms with E-state index in [1.54, 1.807) is 0 Å². The number of likely N-dealkylation sites (N-methyl/N-ethyl adjacent to an activating group) is 1. The van der Waals surface area contributed by atoms with E-state index >= 15 is 0 Å². The Morgan fingerprint density at radius 1 is 1.24 bits per heavy atom. The third kappa shape index (κ3) is 3.36. The first kappa shape index (κ1) is 14.4. The molecule has 0 saturated carbocycles. The molecule has 1 aromatic heterocycles. The number of fused-ring (bicyclic) bond motifs is 1. The molecule has 1 saturated heterocycles. The van der Waals surface area contributed by atoms with Crippen LogP contribution in [0.2, 0.25) is 0 Å². The minimum absolute atomic E-state index is 0.485. The molecule has 1 aromatic carbocycles. The summed E-state index contributed by atoms with van der Waals surface area (Å²) in [6, 6.07) is 8.96. The fraction of sp³-hybridized carbons (Fsp3) is 0.562. The molecule has 5 nitrogen and oxygen atoms in total. The number of nitrogens with zero attached hydrogens (tertiary/aromatic N) is 3. The third-order valence-corrected chi connectivity index (χ3v) is 4.32. The number of rotatable bonds is 5. The lowest BCUT2D eigenvalue weighted by Gasteiger charge is -2.37. The van der Waals surface area contributed by atoms with E-state index in [1.165, 1.54) is 13.1 Å². The van der Waals surface area contributed by atoms with E-state index in [1.807, 2.05) is 24.3 Å². The molecule has 5 heteroatoms. The lowest BCUT2D eigenvalue weighted by atomic mass is 10.2. The summed E-state index contributed by atoms with van der Waals surface area (Å²) < 4.78 is 5.69. The van der Waals surface area contributed by atoms with Crippen LogP contribution in [0, 0.1) is 0 Å². The van der Waals surface area contributed by atoms with Gasteiger partial charge in [0.15, 0.2) is 5.58 Å². The average Bonchev–Trinajstić information content (AvgIpc) is 2.95. The zero-order chi connectivity index (χ0) is 14.7. The molecular weight excluding hydrogens is 264 g/mol. The van der Waals surface area contributed by atoms with Crippen LogP contribution in [0.5, 0.6) is 0 Å². The highest BCUT2D eigenvalue weighted by molar-refractivity contribution is 5.74. The topological polar surface area (TPSA) is 44.5 Å². The lowest BCUT2D eigenvalue weighted by Crippen LogP contribution is -2.51. The normalized spacial score (nSPS) is 19.0. The summed E-state index contributed by atoms with van der Waals surface area (Å²) >= 11 is 0. The van der Waals surface area contributed by atoms with Crippen molar-refractivity contribution in [2.45, 2.75) is 19.9 Å². The van der Waals surface area contributed by atoms with Crippen molar-refractivity contribution in [1.29, 1.82) is 0 Å². The van der Waals surface area contributed by atoms with Crippen molar-refractivity contribution in [3.05, 3.63) is 24.3 Å². The Hall–Kier alpha value is -1.59. The number of hydrogen-bond donors (Lipinski definition) is 1. The van der Waals surface area contributed by atoms with Crippen molar-refractivity contribution < 1.29 is 4.42 Å². The van der Waals surface area contributed by atoms with Gasteiger partial charge in [0.25, 0.3) is 6.01 Å². The van der Waals surface area contributed by atoms with Gasteiger partial charge >= 0.3 is 0 Å². The van der Waals surface area contributed by atoms with Crippen molar-refractivity contribution >= 4 is 17.1 Å². The zero-order valence-corrected chi connectivity index (χ0v) is 12.9. The van der Waals surface area contributed by atoms with Crippen LogP contribution in [-0.4, -0.2) is 60.1 Å². The fourth-order valence-corrected chi connectivity index (χ4v) is 2.83. The van der Waals surface area contributed by atoms with Crippen LogP contribution in [-0.2, 0) is 0 Å². The first-order valence-electron chi connectivity index (χ1n) is 7.82. The van der Waals surface area contributed by atoms with Gasteiger partial charge in [0.05, 0.1) is 0 Å². The molecule has 0 spiro atoms. The van der Waals surface area contributed by atoms with Gasteiger partial charge in [-0.3, -0.25) is 4.90 Å². The van der Waals surface area contributed by atoms with Gasteiger partial charge in [-0.2, -0.15) is 4.98 Å². The Morgan fingerprint density at radius 2 is 2.00 bits per heavy atom. The van der Waals surface area contributed by atoms with Crippen molar-refractivity contribution in [1.82, 2.24) is 14.8 Å². The summed E-state index contributed by atoms with van der Waals surface area (Å²) in [5.74, 6) is 0. The van der Waals surface area contributed by atoms with Gasteiger partial charge in [0, 0.05) is 38.8 Å². The minimum atomic E-state index is 0.485. The SMILES string of the molecule is CCN1CCN([C@@H](C)CNc2nc3ccccc3o2)CC1. The van der Waals surface area contributed by atoms with E-state index in [0.717, 1.165) is 37.3 Å². The quantitative estimate of drug-likeness (QED) is 0.914. The Bertz CT molecular complexity index is 541. The number of nitrogens with one attached hydrogen (secondary N) is 1. The summed E-state index contributed by atoms with van der Waals surface area (Å²) in [5, 5.41) is 3.32. The number of para-hydroxylation sites is 2. The van der Waals surface area contributed by atoms with E-state index in [9.17, 15) is 0 Å². The van der Waals surface area contributed by atoms with E-state index in [2.05, 4.69) is 33.9 Å². The number of anilines is 1. The van der Waals surface area contributed by atoms with Crippen molar-refractivity contribution in [2.24, 2.45) is 0 Å². The highest BCUT2D eigenvalue weighted by Crippen LogP contribution is 2.18. The van der Waals surface area contributed by atoms with Gasteiger partial charge in [-0.1, -0.05) is 19.1 Å². The average molecular weight is 288 g/mol. The van der Waals surface area contributed by atoms with Gasteiger partial charge < -0.3 is 14.6 Å². The van der Waals surface area contributed by atoms with Gasteiger partial charge in [0.1, 0.15) is 5.52 Å². The summed E-state index contributed by atoms with van der Waals surface area (Å²) in [6.45, 7) is 11.1. The van der Waals surface area contributed by atoms with Crippen LogP contribution in [0.1, 0.15) is 13.8 Å². The molecule has 0 unspecified atom stereocenters. The second kappa shape index (κ2) is 6.45. The maximum absolute atomic E-state index is 5.69. The smallest absolute Gasteiger partial charge is 0.295 e. The Kier molecular flexibility index (Phi) is 4.41. The molecule has 1 aliphatic heterocycles. The second-order valence-corrected chi connectivity index (χ2v) is 5.69. The van der Waals surface area contributed by atoms with E-state index < -0.39 is 0 Å². The summed E-state index contributed by atoms with van der Waals surface area (Å²) in [6.07, 6.45) is 0. The molecule has 2 heterocycles. The second-order valence-electron chi connectivity index (χ2n) is 5.69. The molecule has 1 atom stereocenters. The summed E-state index contributed by atoms with van der Waals surface area (Å²) in [5.41, 5.74) is 1.74. The molecule has 0 radical (unpaired) electrons. The third-order valence-electron chi connectivity index (χ3n) is 4.32. The summed E-state index contributed by atoms with van der Waals surface area (Å²) in [7, 11) is 0. The molecule has 1 N–H and O–H groups in total. The molecule has 1 aliphatic rings. The number of piperazine rings is 1. The molecule has 0 amide bonds. The molecule has 3 rings (SSSR count). The lowest BCUT2D eigenvalue weighted by molar-refractivity contribution is 0.110. The molecule has 2 aromatic rings. The van der Waals surface area contributed by atoms with Crippen molar-refractivity contribution in [3.8, 4) is 0 Å². The van der Waals surface area contributed by atoms with Crippen molar-refractivity contribution in [2.75, 3.05) is 44.6 Å². The van der Waals surface area contributed by atoms with Crippen LogP contribution in [0.4, 0.5) is 6.01 Å². The predicted octanol–water partition coefficient (Wildman–Crippen LogP) is 2.27. The molecule has 1 fully saturated rings. The molecule has 0 bridgehead atoms. The number of benzene rings is 1. The molecular formula is C16H24N4O. The van der Waals surface area contributed by atoms with E-state index in [0.29, 0.717) is 12.1 Å². The first-order valence-corrected chi connectivity index (χ1v) is 7.82. The van der Waals surface area contributed by atoms with E-state index in [4.69, 9.17) is 4.42 Å². The Balaban J connectivity index is 1.52. The maximum Gasteiger partial charge on any atom is 0.295 e. The Labute approximate surface area is 125 Å². The monoisotopic (exact) mass is 288 g/mol. The molecule has 0 aliphatic carbocycles. The van der Waals surface area contributed by atoms with Gasteiger partial charge in [0.2, 0.25) is 0 Å². The Morgan fingerprint density at radius 3 is 2.71 bits per heavy atom. The van der Waals surface area contributed by atoms with Crippen LogP contribution >= 0.6 is 0 Å². The highest BCUT2D eigenvalue weighted by Gasteiger charge is 2.20. The van der Waals surface area contributed by atoms with E-state index in [-0.39, 0.29) is 0 Å². The number of hydrogen-bond acceptors (Lipinski definition) is 5. The predicted molar refractivity (Wildman–Crippen MR) is 85.6 cm³/mol. The maximum atomic E-state index is 5.69. The van der Waals surface area contributed by atoms with Gasteiger partial charge in [-0.25, -0.2) is 0 Å². The van der Waals surface area contributed by atoms with Gasteiger partial charge in [-0.05, 0) is 25.6 Å².